The number of benzene rings is 1. The molecular weight excluding hydrogens is 334 g/mol. The molecule has 120 valence electrons. The van der Waals surface area contributed by atoms with Gasteiger partial charge in [0.05, 0.1) is 19.8 Å². The Morgan fingerprint density at radius 2 is 1.81 bits per heavy atom. The van der Waals surface area contributed by atoms with Crippen LogP contribution in [-0.4, -0.2) is 31.5 Å². The molecule has 2 N–H and O–H groups in total. The molecule has 0 aliphatic rings. The fourth-order valence-corrected chi connectivity index (χ4v) is 2.91. The van der Waals surface area contributed by atoms with Crippen LogP contribution in [0.1, 0.15) is 32.8 Å². The molecule has 0 saturated heterocycles. The molecule has 0 fully saturated rings. The van der Waals surface area contributed by atoms with Crippen LogP contribution in [0.5, 0.6) is 11.5 Å². The molecule has 0 spiro atoms. The van der Waals surface area contributed by atoms with Gasteiger partial charge in [0.2, 0.25) is 0 Å². The van der Waals surface area contributed by atoms with Crippen LogP contribution >= 0.6 is 15.9 Å². The average molecular weight is 360 g/mol. The van der Waals surface area contributed by atoms with E-state index >= 15 is 0 Å². The number of methoxy groups -OCH3 is 2. The minimum atomic E-state index is -0.697. The highest BCUT2D eigenvalue weighted by Gasteiger charge is 2.21. The largest absolute Gasteiger partial charge is 0.493 e. The highest BCUT2D eigenvalue weighted by Crippen LogP contribution is 2.33. The summed E-state index contributed by atoms with van der Waals surface area (Å²) in [7, 11) is 3.24. The van der Waals surface area contributed by atoms with Crippen molar-refractivity contribution in [2.24, 2.45) is 5.92 Å². The molecule has 1 aromatic carbocycles. The first-order valence-corrected chi connectivity index (χ1v) is 7.92. The van der Waals surface area contributed by atoms with E-state index in [1.807, 2.05) is 19.1 Å². The molecule has 0 aliphatic heterocycles. The van der Waals surface area contributed by atoms with Crippen LogP contribution in [0.2, 0.25) is 0 Å². The summed E-state index contributed by atoms with van der Waals surface area (Å²) in [5.41, 5.74) is 0.366. The van der Waals surface area contributed by atoms with E-state index < -0.39 is 5.60 Å². The minimum Gasteiger partial charge on any atom is -0.493 e. The van der Waals surface area contributed by atoms with E-state index in [9.17, 15) is 5.11 Å². The Morgan fingerprint density at radius 3 is 2.33 bits per heavy atom. The first-order chi connectivity index (χ1) is 9.79. The molecule has 21 heavy (non-hydrogen) atoms. The number of hydrogen-bond acceptors (Lipinski definition) is 4. The molecule has 0 aliphatic carbocycles. The Morgan fingerprint density at radius 1 is 1.24 bits per heavy atom. The van der Waals surface area contributed by atoms with Crippen LogP contribution in [0.4, 0.5) is 0 Å². The Balaban J connectivity index is 2.67. The monoisotopic (exact) mass is 359 g/mol. The van der Waals surface area contributed by atoms with Gasteiger partial charge in [-0.1, -0.05) is 29.8 Å². The molecule has 1 unspecified atom stereocenters. The fraction of sp³-hybridized carbons (Fsp3) is 0.625. The van der Waals surface area contributed by atoms with E-state index in [4.69, 9.17) is 9.47 Å². The molecule has 0 aromatic heterocycles. The lowest BCUT2D eigenvalue weighted by Gasteiger charge is -2.26. The quantitative estimate of drug-likeness (QED) is 0.747. The van der Waals surface area contributed by atoms with Crippen molar-refractivity contribution in [1.29, 1.82) is 0 Å². The zero-order valence-electron chi connectivity index (χ0n) is 13.5. The summed E-state index contributed by atoms with van der Waals surface area (Å²) in [6.45, 7) is 7.28. The summed E-state index contributed by atoms with van der Waals surface area (Å²) in [6.07, 6.45) is 0.771. The molecule has 5 heteroatoms. The predicted octanol–water partition coefficient (Wildman–Crippen LogP) is 3.35. The number of halogens is 1. The zero-order chi connectivity index (χ0) is 16.0. The van der Waals surface area contributed by atoms with Crippen LogP contribution < -0.4 is 14.8 Å². The maximum Gasteiger partial charge on any atom is 0.161 e. The Kier molecular flexibility index (Phi) is 6.97. The van der Waals surface area contributed by atoms with E-state index in [0.717, 1.165) is 16.5 Å². The van der Waals surface area contributed by atoms with Crippen LogP contribution in [0.25, 0.3) is 0 Å². The molecule has 1 aromatic rings. The molecule has 0 bridgehead atoms. The van der Waals surface area contributed by atoms with Crippen molar-refractivity contribution in [2.45, 2.75) is 39.3 Å². The molecule has 0 amide bonds. The summed E-state index contributed by atoms with van der Waals surface area (Å²) in [4.78, 5) is 0. The molecule has 0 heterocycles. The molecule has 4 nitrogen and oxygen atoms in total. The Hall–Kier alpha value is -0.780. The minimum absolute atomic E-state index is 0.467. The first-order valence-electron chi connectivity index (χ1n) is 7.12. The van der Waals surface area contributed by atoms with Gasteiger partial charge in [-0.25, -0.2) is 0 Å². The highest BCUT2D eigenvalue weighted by molar-refractivity contribution is 9.10. The van der Waals surface area contributed by atoms with Crippen LogP contribution in [-0.2, 0) is 6.54 Å². The standard InChI is InChI=1S/C16H26BrNO3/c1-11(2)8-16(3,19)10-18-9-12-6-14(20-4)15(21-5)7-13(12)17/h6-7,11,18-19H,8-10H2,1-5H3. The van der Waals surface area contributed by atoms with Crippen molar-refractivity contribution in [3.63, 3.8) is 0 Å². The van der Waals surface area contributed by atoms with Gasteiger partial charge in [0.15, 0.2) is 11.5 Å². The third-order valence-corrected chi connectivity index (χ3v) is 3.96. The van der Waals surface area contributed by atoms with Gasteiger partial charge in [-0.3, -0.25) is 0 Å². The second kappa shape index (κ2) is 8.01. The Labute approximate surface area is 136 Å². The lowest BCUT2D eigenvalue weighted by Crippen LogP contribution is -2.38. The zero-order valence-corrected chi connectivity index (χ0v) is 15.1. The van der Waals surface area contributed by atoms with Gasteiger partial charge in [0, 0.05) is 17.6 Å². The first kappa shape index (κ1) is 18.3. The van der Waals surface area contributed by atoms with Crippen molar-refractivity contribution in [1.82, 2.24) is 5.32 Å². The van der Waals surface area contributed by atoms with Crippen LogP contribution in [0, 0.1) is 5.92 Å². The number of hydrogen-bond donors (Lipinski definition) is 2. The average Bonchev–Trinajstić information content (AvgIpc) is 2.38. The summed E-state index contributed by atoms with van der Waals surface area (Å²) in [6, 6.07) is 3.83. The van der Waals surface area contributed by atoms with Crippen molar-refractivity contribution in [2.75, 3.05) is 20.8 Å². The second-order valence-corrected chi connectivity index (χ2v) is 6.85. The van der Waals surface area contributed by atoms with E-state index in [2.05, 4.69) is 35.1 Å². The van der Waals surface area contributed by atoms with E-state index in [-0.39, 0.29) is 0 Å². The number of aliphatic hydroxyl groups is 1. The van der Waals surface area contributed by atoms with Crippen molar-refractivity contribution < 1.29 is 14.6 Å². The molecule has 0 radical (unpaired) electrons. The summed E-state index contributed by atoms with van der Waals surface area (Å²) < 4.78 is 11.5. The van der Waals surface area contributed by atoms with Gasteiger partial charge < -0.3 is 19.9 Å². The summed E-state index contributed by atoms with van der Waals surface area (Å²) in [5, 5.41) is 13.6. The van der Waals surface area contributed by atoms with Gasteiger partial charge in [-0.2, -0.15) is 0 Å². The van der Waals surface area contributed by atoms with Gasteiger partial charge in [0.1, 0.15) is 0 Å². The van der Waals surface area contributed by atoms with Crippen LogP contribution in [0.15, 0.2) is 16.6 Å². The molecule has 0 saturated carbocycles. The highest BCUT2D eigenvalue weighted by atomic mass is 79.9. The maximum absolute atomic E-state index is 10.3. The lowest BCUT2D eigenvalue weighted by molar-refractivity contribution is 0.0383. The smallest absolute Gasteiger partial charge is 0.161 e. The van der Waals surface area contributed by atoms with E-state index in [1.165, 1.54) is 0 Å². The van der Waals surface area contributed by atoms with Gasteiger partial charge in [-0.05, 0) is 37.0 Å². The third kappa shape index (κ3) is 5.85. The maximum atomic E-state index is 10.3. The van der Waals surface area contributed by atoms with Gasteiger partial charge in [0.25, 0.3) is 0 Å². The van der Waals surface area contributed by atoms with Gasteiger partial charge >= 0.3 is 0 Å². The lowest BCUT2D eigenvalue weighted by atomic mass is 9.94. The fourth-order valence-electron chi connectivity index (χ4n) is 2.45. The number of rotatable bonds is 8. The molecule has 1 atom stereocenters. The van der Waals surface area contributed by atoms with Crippen LogP contribution in [0.3, 0.4) is 0 Å². The molecule has 1 rings (SSSR count). The Bertz CT molecular complexity index is 461. The normalized spacial score (nSPS) is 14.1. The summed E-state index contributed by atoms with van der Waals surface area (Å²) in [5.74, 6) is 1.86. The number of ether oxygens (including phenoxy) is 2. The second-order valence-electron chi connectivity index (χ2n) is 6.00. The summed E-state index contributed by atoms with van der Waals surface area (Å²) >= 11 is 3.53. The SMILES string of the molecule is COc1cc(Br)c(CNCC(C)(O)CC(C)C)cc1OC. The van der Waals surface area contributed by atoms with Crippen molar-refractivity contribution >= 4 is 15.9 Å². The topological polar surface area (TPSA) is 50.7 Å². The third-order valence-electron chi connectivity index (χ3n) is 3.22. The number of nitrogens with one attached hydrogen (secondary N) is 1. The van der Waals surface area contributed by atoms with Crippen molar-refractivity contribution in [3.8, 4) is 11.5 Å². The van der Waals surface area contributed by atoms with E-state index in [0.29, 0.717) is 30.5 Å². The van der Waals surface area contributed by atoms with E-state index in [1.54, 1.807) is 14.2 Å². The molecular formula is C16H26BrNO3. The van der Waals surface area contributed by atoms with Gasteiger partial charge in [-0.15, -0.1) is 0 Å². The van der Waals surface area contributed by atoms with Crippen molar-refractivity contribution in [3.05, 3.63) is 22.2 Å². The predicted molar refractivity (Wildman–Crippen MR) is 89.0 cm³/mol.